The molecule has 7 N–H and O–H groups in total. The Hall–Kier alpha value is -4.35. The van der Waals surface area contributed by atoms with E-state index in [-0.39, 0.29) is 33.2 Å². The standard InChI is InChI=1S/C24H23ClN8O7S2/c1-8-15-11(28-18(8)26)4-3-5-32(15)6-10-7-41-21-14(20(35)33(21)16(10)23(38)39)29-19(34)13(31-40-9(2)22(36)37)12-17(25)42-24(27)30-12/h3-5,9,14,21H,6-7H2,1-2H3,(H7,26,27,28,29,30,34,36,37,38,39)/b31-13-/t9-,14+,21?/m0/s1. The molecule has 3 atom stereocenters. The molecule has 0 spiro atoms. The number of thiazole rings is 1. The Kier molecular flexibility index (Phi) is 7.74. The lowest BCUT2D eigenvalue weighted by molar-refractivity contribution is -0.663. The first-order valence-corrected chi connectivity index (χ1v) is 14.5. The molecule has 2 amide bonds. The quantitative estimate of drug-likeness (QED) is 0.0857. The van der Waals surface area contributed by atoms with Gasteiger partial charge in [-0.15, -0.1) is 11.8 Å². The van der Waals surface area contributed by atoms with Gasteiger partial charge in [-0.25, -0.2) is 9.78 Å². The number of fused-ring (bicyclic) bond motifs is 2. The highest BCUT2D eigenvalue weighted by molar-refractivity contribution is 8.00. The van der Waals surface area contributed by atoms with Crippen LogP contribution in [0.5, 0.6) is 0 Å². The van der Waals surface area contributed by atoms with Crippen LogP contribution in [0.25, 0.3) is 11.0 Å². The largest absolute Gasteiger partial charge is 0.543 e. The Labute approximate surface area is 250 Å². The minimum atomic E-state index is -1.53. The fourth-order valence-electron chi connectivity index (χ4n) is 4.61. The van der Waals surface area contributed by atoms with Crippen LogP contribution in [0.4, 0.5) is 10.9 Å². The van der Waals surface area contributed by atoms with Crippen molar-refractivity contribution in [1.82, 2.24) is 20.2 Å². The second kappa shape index (κ2) is 11.1. The number of carboxylic acid groups (broad SMARTS) is 2. The number of oxime groups is 1. The first kappa shape index (κ1) is 29.2. The van der Waals surface area contributed by atoms with Crippen LogP contribution >= 0.6 is 34.7 Å². The Morgan fingerprint density at radius 2 is 2.17 bits per heavy atom. The summed E-state index contributed by atoms with van der Waals surface area (Å²) < 4.78 is 1.82. The van der Waals surface area contributed by atoms with Crippen LogP contribution < -0.4 is 26.5 Å². The molecule has 15 nitrogen and oxygen atoms in total. The highest BCUT2D eigenvalue weighted by Crippen LogP contribution is 2.40. The molecule has 1 saturated heterocycles. The summed E-state index contributed by atoms with van der Waals surface area (Å²) in [5.74, 6) is -3.80. The van der Waals surface area contributed by atoms with Crippen LogP contribution in [0.2, 0.25) is 4.34 Å². The van der Waals surface area contributed by atoms with Crippen molar-refractivity contribution in [3.63, 3.8) is 0 Å². The van der Waals surface area contributed by atoms with Gasteiger partial charge in [0.2, 0.25) is 11.6 Å². The number of nitrogens with zero attached hydrogens (tertiary/aromatic N) is 4. The van der Waals surface area contributed by atoms with Crippen molar-refractivity contribution in [1.29, 1.82) is 0 Å². The summed E-state index contributed by atoms with van der Waals surface area (Å²) in [5.41, 5.74) is 13.6. The Balaban J connectivity index is 1.40. The second-order valence-electron chi connectivity index (χ2n) is 9.36. The van der Waals surface area contributed by atoms with E-state index in [0.29, 0.717) is 11.4 Å². The van der Waals surface area contributed by atoms with E-state index in [9.17, 15) is 24.3 Å². The number of nitrogen functional groups attached to an aromatic ring is 2. The van der Waals surface area contributed by atoms with E-state index in [1.807, 2.05) is 17.6 Å². The van der Waals surface area contributed by atoms with Gasteiger partial charge >= 0.3 is 5.97 Å². The number of pyridine rings is 1. The summed E-state index contributed by atoms with van der Waals surface area (Å²) in [4.78, 5) is 63.0. The zero-order chi connectivity index (χ0) is 30.5. The molecule has 2 aliphatic heterocycles. The molecule has 5 heterocycles. The van der Waals surface area contributed by atoms with Crippen LogP contribution in [0, 0.1) is 6.92 Å². The number of nitrogens with one attached hydrogen (secondary N) is 2. The summed E-state index contributed by atoms with van der Waals surface area (Å²) in [5, 5.41) is 26.8. The normalized spacial score (nSPS) is 19.4. The van der Waals surface area contributed by atoms with Crippen LogP contribution in [-0.2, 0) is 30.6 Å². The molecule has 0 saturated carbocycles. The molecule has 42 heavy (non-hydrogen) atoms. The van der Waals surface area contributed by atoms with Crippen LogP contribution in [0.15, 0.2) is 34.8 Å². The topological polar surface area (TPSA) is 233 Å². The monoisotopic (exact) mass is 634 g/mol. The van der Waals surface area contributed by atoms with Gasteiger partial charge in [0, 0.05) is 17.4 Å². The number of hydrogen-bond donors (Lipinski definition) is 5. The lowest BCUT2D eigenvalue weighted by Gasteiger charge is -2.50. The third-order valence-corrected chi connectivity index (χ3v) is 9.10. The van der Waals surface area contributed by atoms with E-state index < -0.39 is 47.0 Å². The van der Waals surface area contributed by atoms with Gasteiger partial charge in [0.25, 0.3) is 11.8 Å². The number of aromatic nitrogens is 3. The molecule has 18 heteroatoms. The predicted octanol–water partition coefficient (Wildman–Crippen LogP) is -0.664. The lowest BCUT2D eigenvalue weighted by Crippen LogP contribution is -2.71. The number of rotatable bonds is 9. The minimum absolute atomic E-state index is 0.0119. The van der Waals surface area contributed by atoms with Gasteiger partial charge in [0.1, 0.15) is 32.8 Å². The van der Waals surface area contributed by atoms with E-state index in [1.165, 1.54) is 18.7 Å². The molecule has 5 rings (SSSR count). The van der Waals surface area contributed by atoms with Crippen molar-refractivity contribution in [2.45, 2.75) is 37.9 Å². The molecule has 220 valence electrons. The first-order valence-electron chi connectivity index (χ1n) is 12.2. The minimum Gasteiger partial charge on any atom is -0.543 e. The fourth-order valence-corrected chi connectivity index (χ4v) is 6.87. The maximum atomic E-state index is 13.2. The highest BCUT2D eigenvalue weighted by Gasteiger charge is 2.53. The smallest absolute Gasteiger partial charge is 0.347 e. The predicted molar refractivity (Wildman–Crippen MR) is 151 cm³/mol. The molecule has 0 radical (unpaired) electrons. The van der Waals surface area contributed by atoms with Gasteiger partial charge in [-0.3, -0.25) is 14.5 Å². The molecule has 1 fully saturated rings. The number of amides is 2. The number of carbonyl (C=O) groups excluding carboxylic acids is 3. The lowest BCUT2D eigenvalue weighted by atomic mass is 10.0. The van der Waals surface area contributed by atoms with Gasteiger partial charge in [-0.05, 0) is 19.9 Å². The molecular weight excluding hydrogens is 612 g/mol. The molecule has 3 aromatic rings. The van der Waals surface area contributed by atoms with Gasteiger partial charge in [0.15, 0.2) is 23.6 Å². The molecule has 0 bridgehead atoms. The zero-order valence-electron chi connectivity index (χ0n) is 21.9. The van der Waals surface area contributed by atoms with Crippen molar-refractivity contribution < 1.29 is 38.8 Å². The first-order chi connectivity index (χ1) is 19.9. The number of aliphatic carboxylic acids is 2. The average molecular weight is 635 g/mol. The van der Waals surface area contributed by atoms with Crippen molar-refractivity contribution in [3.05, 3.63) is 45.2 Å². The number of aromatic amines is 1. The maximum Gasteiger partial charge on any atom is 0.347 e. The van der Waals surface area contributed by atoms with Crippen LogP contribution in [0.3, 0.4) is 0 Å². The van der Waals surface area contributed by atoms with Gasteiger partial charge in [0.05, 0.1) is 17.2 Å². The molecule has 2 aliphatic rings. The average Bonchev–Trinajstić information content (AvgIpc) is 3.43. The Bertz CT molecular complexity index is 1720. The number of nitrogens with two attached hydrogens (primary N) is 2. The van der Waals surface area contributed by atoms with Gasteiger partial charge < -0.3 is 41.6 Å². The van der Waals surface area contributed by atoms with Crippen molar-refractivity contribution in [2.24, 2.45) is 5.16 Å². The number of hydrogen-bond acceptors (Lipinski definition) is 12. The number of halogens is 1. The van der Waals surface area contributed by atoms with Crippen molar-refractivity contribution >= 4 is 86.1 Å². The molecular formula is C24H23ClN8O7S2. The number of aryl methyl sites for hydroxylation is 1. The summed E-state index contributed by atoms with van der Waals surface area (Å²) in [7, 11) is 0. The number of anilines is 2. The second-order valence-corrected chi connectivity index (χ2v) is 12.1. The number of carbonyl (C=O) groups is 4. The Morgan fingerprint density at radius 3 is 2.81 bits per heavy atom. The van der Waals surface area contributed by atoms with Gasteiger partial charge in [-0.2, -0.15) is 4.57 Å². The van der Waals surface area contributed by atoms with Crippen molar-refractivity contribution in [3.8, 4) is 0 Å². The summed E-state index contributed by atoms with van der Waals surface area (Å²) in [6.07, 6.45) is 0.367. The van der Waals surface area contributed by atoms with E-state index in [0.717, 1.165) is 32.8 Å². The number of carboxylic acids is 2. The summed E-state index contributed by atoms with van der Waals surface area (Å²) in [6, 6.07) is 2.50. The molecule has 3 aromatic heterocycles. The molecule has 1 unspecified atom stereocenters. The van der Waals surface area contributed by atoms with Crippen molar-refractivity contribution in [2.75, 3.05) is 17.2 Å². The van der Waals surface area contributed by atoms with E-state index in [1.54, 1.807) is 12.3 Å². The van der Waals surface area contributed by atoms with Crippen LogP contribution in [-0.4, -0.2) is 72.7 Å². The fraction of sp³-hybridized carbons (Fsp3) is 0.292. The number of β-lactam (4-membered cyclic amide) rings is 1. The highest BCUT2D eigenvalue weighted by atomic mass is 35.5. The zero-order valence-corrected chi connectivity index (χ0v) is 24.3. The number of H-pyrrole nitrogens is 1. The molecule has 0 aliphatic carbocycles. The van der Waals surface area contributed by atoms with E-state index in [4.69, 9.17) is 33.0 Å². The third-order valence-electron chi connectivity index (χ3n) is 6.68. The van der Waals surface area contributed by atoms with E-state index in [2.05, 4.69) is 20.4 Å². The molecule has 0 aromatic carbocycles. The van der Waals surface area contributed by atoms with E-state index >= 15 is 0 Å². The maximum absolute atomic E-state index is 13.2. The summed E-state index contributed by atoms with van der Waals surface area (Å²) >= 11 is 8.25. The van der Waals surface area contributed by atoms with Crippen LogP contribution in [0.1, 0.15) is 18.2 Å². The SMILES string of the molecule is Cc1c(N)[nH]c2ccc[n+](CC3=C(C(=O)[O-])N4C(=O)[C@@H](NC(=O)/C(=N\O[C@@H](C)C(=O)O)c5nc(N)sc5Cl)C4SC3)c12. The Morgan fingerprint density at radius 1 is 1.43 bits per heavy atom. The van der Waals surface area contributed by atoms with Gasteiger partial charge in [-0.1, -0.05) is 28.1 Å². The third kappa shape index (κ3) is 5.10. The number of thioether (sulfide) groups is 1. The summed E-state index contributed by atoms with van der Waals surface area (Å²) in [6.45, 7) is 3.19.